The van der Waals surface area contributed by atoms with Crippen molar-refractivity contribution in [3.05, 3.63) is 11.6 Å². The maximum atomic E-state index is 6.08. The molecule has 0 atom stereocenters. The molecule has 0 aromatic carbocycles. The molecule has 1 heteroatoms. The van der Waals surface area contributed by atoms with Gasteiger partial charge in [0.1, 0.15) is 0 Å². The number of hydrogen-bond donors (Lipinski definition) is 0. The minimum Gasteiger partial charge on any atom is -0.371 e. The average Bonchev–Trinajstić information content (AvgIpc) is 1.99. The van der Waals surface area contributed by atoms with Gasteiger partial charge < -0.3 is 4.74 Å². The highest BCUT2D eigenvalue weighted by atomic mass is 16.5. The lowest BCUT2D eigenvalue weighted by Gasteiger charge is -2.39. The fraction of sp³-hybridized carbons (Fsp3) is 0.857. The van der Waals surface area contributed by atoms with E-state index in [0.29, 0.717) is 0 Å². The third kappa shape index (κ3) is 3.98. The largest absolute Gasteiger partial charge is 0.371 e. The maximum absolute atomic E-state index is 6.08. The molecule has 0 amide bonds. The molecule has 1 aliphatic heterocycles. The van der Waals surface area contributed by atoms with E-state index in [1.165, 1.54) is 18.4 Å². The van der Waals surface area contributed by atoms with Crippen LogP contribution in [0.1, 0.15) is 53.9 Å². The van der Waals surface area contributed by atoms with Crippen LogP contribution >= 0.6 is 0 Å². The molecule has 0 aromatic heterocycles. The monoisotopic (exact) mass is 210 g/mol. The predicted molar refractivity (Wildman–Crippen MR) is 66.0 cm³/mol. The highest BCUT2D eigenvalue weighted by Gasteiger charge is 2.34. The van der Waals surface area contributed by atoms with E-state index in [1.807, 2.05) is 0 Å². The number of rotatable bonds is 4. The highest BCUT2D eigenvalue weighted by Crippen LogP contribution is 2.36. The zero-order chi connectivity index (χ0) is 11.5. The number of ether oxygens (including phenoxy) is 1. The van der Waals surface area contributed by atoms with Gasteiger partial charge in [-0.2, -0.15) is 0 Å². The molecule has 0 saturated heterocycles. The molecule has 0 bridgehead atoms. The smallest absolute Gasteiger partial charge is 0.0728 e. The maximum Gasteiger partial charge on any atom is 0.0728 e. The molecule has 0 unspecified atom stereocenters. The topological polar surface area (TPSA) is 9.23 Å². The molecule has 1 heterocycles. The minimum absolute atomic E-state index is 0.126. The minimum atomic E-state index is 0.126. The van der Waals surface area contributed by atoms with Crippen LogP contribution < -0.4 is 0 Å². The highest BCUT2D eigenvalue weighted by molar-refractivity contribution is 5.08. The first kappa shape index (κ1) is 12.8. The first-order valence-electron chi connectivity index (χ1n) is 6.23. The quantitative estimate of drug-likeness (QED) is 0.632. The van der Waals surface area contributed by atoms with Gasteiger partial charge in [-0.25, -0.2) is 0 Å². The van der Waals surface area contributed by atoms with Gasteiger partial charge in [-0.3, -0.25) is 0 Å². The Labute approximate surface area is 94.9 Å². The Morgan fingerprint density at radius 3 is 2.13 bits per heavy atom. The lowest BCUT2D eigenvalue weighted by atomic mass is 9.79. The van der Waals surface area contributed by atoms with Gasteiger partial charge >= 0.3 is 0 Å². The van der Waals surface area contributed by atoms with E-state index in [0.717, 1.165) is 24.9 Å². The summed E-state index contributed by atoms with van der Waals surface area (Å²) in [4.78, 5) is 0. The SMILES string of the molecule is CC1=CCOC(CC(C)C)(CC(C)C)C1. The van der Waals surface area contributed by atoms with Crippen LogP contribution in [0.2, 0.25) is 0 Å². The van der Waals surface area contributed by atoms with E-state index in [2.05, 4.69) is 40.7 Å². The van der Waals surface area contributed by atoms with Gasteiger partial charge in [0.05, 0.1) is 12.2 Å². The van der Waals surface area contributed by atoms with Crippen molar-refractivity contribution in [2.24, 2.45) is 11.8 Å². The van der Waals surface area contributed by atoms with Crippen LogP contribution in [0, 0.1) is 11.8 Å². The van der Waals surface area contributed by atoms with Crippen molar-refractivity contribution in [2.75, 3.05) is 6.61 Å². The molecule has 0 fully saturated rings. The fourth-order valence-corrected chi connectivity index (χ4v) is 2.83. The first-order valence-corrected chi connectivity index (χ1v) is 6.23. The molecule has 0 radical (unpaired) electrons. The lowest BCUT2D eigenvalue weighted by Crippen LogP contribution is -2.38. The molecule has 0 aliphatic carbocycles. The molecule has 0 saturated carbocycles. The van der Waals surface area contributed by atoms with E-state index in [1.54, 1.807) is 0 Å². The second-order valence-electron chi connectivity index (χ2n) is 5.92. The average molecular weight is 210 g/mol. The van der Waals surface area contributed by atoms with Gasteiger partial charge in [-0.1, -0.05) is 39.3 Å². The van der Waals surface area contributed by atoms with Gasteiger partial charge in [0, 0.05) is 0 Å². The second kappa shape index (κ2) is 5.16. The van der Waals surface area contributed by atoms with Gasteiger partial charge in [-0.05, 0) is 38.0 Å². The summed E-state index contributed by atoms with van der Waals surface area (Å²) in [6.07, 6.45) is 5.73. The normalized spacial score (nSPS) is 20.9. The van der Waals surface area contributed by atoms with Crippen LogP contribution in [0.15, 0.2) is 11.6 Å². The predicted octanol–water partition coefficient (Wildman–Crippen LogP) is 4.18. The summed E-state index contributed by atoms with van der Waals surface area (Å²) in [5.41, 5.74) is 1.63. The summed E-state index contributed by atoms with van der Waals surface area (Å²) in [6.45, 7) is 12.2. The van der Waals surface area contributed by atoms with Gasteiger partial charge in [0.15, 0.2) is 0 Å². The summed E-state index contributed by atoms with van der Waals surface area (Å²) < 4.78 is 6.08. The van der Waals surface area contributed by atoms with Crippen molar-refractivity contribution in [1.82, 2.24) is 0 Å². The van der Waals surface area contributed by atoms with E-state index in [9.17, 15) is 0 Å². The van der Waals surface area contributed by atoms with Crippen molar-refractivity contribution >= 4 is 0 Å². The van der Waals surface area contributed by atoms with Crippen molar-refractivity contribution < 1.29 is 4.74 Å². The summed E-state index contributed by atoms with van der Waals surface area (Å²) >= 11 is 0. The lowest BCUT2D eigenvalue weighted by molar-refractivity contribution is -0.0672. The molecule has 1 aliphatic rings. The third-order valence-electron chi connectivity index (χ3n) is 2.98. The molecule has 0 N–H and O–H groups in total. The van der Waals surface area contributed by atoms with Crippen LogP contribution in [-0.4, -0.2) is 12.2 Å². The van der Waals surface area contributed by atoms with E-state index in [-0.39, 0.29) is 5.60 Å². The third-order valence-corrected chi connectivity index (χ3v) is 2.98. The van der Waals surface area contributed by atoms with Crippen LogP contribution in [0.4, 0.5) is 0 Å². The van der Waals surface area contributed by atoms with Crippen molar-refractivity contribution in [1.29, 1.82) is 0 Å². The van der Waals surface area contributed by atoms with Crippen LogP contribution in [0.3, 0.4) is 0 Å². The summed E-state index contributed by atoms with van der Waals surface area (Å²) in [5.74, 6) is 1.43. The van der Waals surface area contributed by atoms with Crippen molar-refractivity contribution in [2.45, 2.75) is 59.5 Å². The van der Waals surface area contributed by atoms with Gasteiger partial charge in [0.25, 0.3) is 0 Å². The fourth-order valence-electron chi connectivity index (χ4n) is 2.83. The number of hydrogen-bond acceptors (Lipinski definition) is 1. The Hall–Kier alpha value is -0.300. The summed E-state index contributed by atoms with van der Waals surface area (Å²) in [5, 5.41) is 0. The second-order valence-corrected chi connectivity index (χ2v) is 5.92. The van der Waals surface area contributed by atoms with Gasteiger partial charge in [-0.15, -0.1) is 0 Å². The molecule has 1 nitrogen and oxygen atoms in total. The molecule has 88 valence electrons. The van der Waals surface area contributed by atoms with E-state index >= 15 is 0 Å². The standard InChI is InChI=1S/C14H26O/c1-11(2)8-14(9-12(3)4)10-13(5)6-7-15-14/h6,11-12H,7-10H2,1-5H3. The Bertz CT molecular complexity index is 215. The summed E-state index contributed by atoms with van der Waals surface area (Å²) in [6, 6.07) is 0. The molecular formula is C14H26O. The summed E-state index contributed by atoms with van der Waals surface area (Å²) in [7, 11) is 0. The molecule has 0 spiro atoms. The molecule has 15 heavy (non-hydrogen) atoms. The van der Waals surface area contributed by atoms with Crippen molar-refractivity contribution in [3.8, 4) is 0 Å². The van der Waals surface area contributed by atoms with Crippen LogP contribution in [0.5, 0.6) is 0 Å². The van der Waals surface area contributed by atoms with Gasteiger partial charge in [0.2, 0.25) is 0 Å². The Morgan fingerprint density at radius 2 is 1.73 bits per heavy atom. The van der Waals surface area contributed by atoms with E-state index < -0.39 is 0 Å². The Morgan fingerprint density at radius 1 is 1.20 bits per heavy atom. The Kier molecular flexibility index (Phi) is 4.39. The molecular weight excluding hydrogens is 184 g/mol. The van der Waals surface area contributed by atoms with Crippen molar-refractivity contribution in [3.63, 3.8) is 0 Å². The zero-order valence-electron chi connectivity index (χ0n) is 11.0. The Balaban J connectivity index is 2.72. The zero-order valence-corrected chi connectivity index (χ0v) is 11.0. The van der Waals surface area contributed by atoms with Crippen LogP contribution in [-0.2, 0) is 4.74 Å². The molecule has 0 aromatic rings. The van der Waals surface area contributed by atoms with E-state index in [4.69, 9.17) is 4.74 Å². The molecule has 1 rings (SSSR count). The first-order chi connectivity index (χ1) is 6.93. The van der Waals surface area contributed by atoms with Crippen LogP contribution in [0.25, 0.3) is 0 Å².